The van der Waals surface area contributed by atoms with E-state index in [0.717, 1.165) is 32.1 Å². The number of alkyl halides is 3. The summed E-state index contributed by atoms with van der Waals surface area (Å²) in [6.45, 7) is 0.909. The highest BCUT2D eigenvalue weighted by Gasteiger charge is 2.39. The van der Waals surface area contributed by atoms with Crippen molar-refractivity contribution >= 4 is 15.7 Å². The van der Waals surface area contributed by atoms with Crippen molar-refractivity contribution in [2.45, 2.75) is 63.2 Å². The van der Waals surface area contributed by atoms with Crippen LogP contribution >= 0.6 is 0 Å². The molecule has 0 aromatic rings. The second kappa shape index (κ2) is 9.51. The van der Waals surface area contributed by atoms with Crippen molar-refractivity contribution in [3.05, 3.63) is 0 Å². The minimum atomic E-state index is -4.21. The van der Waals surface area contributed by atoms with Crippen LogP contribution in [0.3, 0.4) is 0 Å². The smallest absolute Gasteiger partial charge is 0.335 e. The Labute approximate surface area is 171 Å². The highest BCUT2D eigenvalue weighted by atomic mass is 32.2. The third kappa shape index (κ3) is 6.82. The molecule has 29 heavy (non-hydrogen) atoms. The number of carbonyl (C=O) groups excluding carboxylic acids is 1. The van der Waals surface area contributed by atoms with E-state index in [0.29, 0.717) is 32.5 Å². The molecule has 3 rings (SSSR count). The van der Waals surface area contributed by atoms with Gasteiger partial charge in [-0.3, -0.25) is 14.6 Å². The fourth-order valence-corrected chi connectivity index (χ4v) is 6.64. The zero-order valence-electron chi connectivity index (χ0n) is 16.9. The van der Waals surface area contributed by atoms with Gasteiger partial charge in [-0.25, -0.2) is 8.42 Å². The number of hydrogen-bond acceptors (Lipinski definition) is 5. The summed E-state index contributed by atoms with van der Waals surface area (Å²) >= 11 is 0. The van der Waals surface area contributed by atoms with Crippen LogP contribution in [0.4, 0.5) is 13.2 Å². The van der Waals surface area contributed by atoms with E-state index in [-0.39, 0.29) is 42.6 Å². The molecule has 1 amide bonds. The Morgan fingerprint density at radius 2 is 1.55 bits per heavy atom. The van der Waals surface area contributed by atoms with Gasteiger partial charge in [0, 0.05) is 25.2 Å². The number of hydrogen-bond donors (Lipinski definition) is 0. The number of amides is 1. The Morgan fingerprint density at radius 3 is 2.17 bits per heavy atom. The van der Waals surface area contributed by atoms with Gasteiger partial charge in [-0.05, 0) is 38.8 Å². The molecule has 0 radical (unpaired) electrons. The molecule has 0 aromatic heterocycles. The van der Waals surface area contributed by atoms with E-state index in [1.54, 1.807) is 0 Å². The van der Waals surface area contributed by atoms with Gasteiger partial charge in [0.15, 0.2) is 9.84 Å². The topological polar surface area (TPSA) is 60.9 Å². The molecule has 3 fully saturated rings. The maximum atomic E-state index is 13.2. The maximum absolute atomic E-state index is 13.2. The fourth-order valence-electron chi connectivity index (χ4n) is 4.93. The molecule has 2 heterocycles. The van der Waals surface area contributed by atoms with Crippen LogP contribution in [-0.4, -0.2) is 98.1 Å². The van der Waals surface area contributed by atoms with E-state index >= 15 is 0 Å². The number of sulfone groups is 1. The van der Waals surface area contributed by atoms with Gasteiger partial charge in [0.25, 0.3) is 0 Å². The minimum absolute atomic E-state index is 0.0363. The lowest BCUT2D eigenvalue weighted by Gasteiger charge is -2.39. The van der Waals surface area contributed by atoms with Gasteiger partial charge < -0.3 is 4.90 Å². The second-order valence-electron chi connectivity index (χ2n) is 8.67. The van der Waals surface area contributed by atoms with Crippen LogP contribution in [0.25, 0.3) is 0 Å². The molecule has 0 spiro atoms. The zero-order chi connectivity index (χ0) is 21.1. The number of rotatable bonds is 5. The van der Waals surface area contributed by atoms with Gasteiger partial charge in [0.1, 0.15) is 0 Å². The van der Waals surface area contributed by atoms with Crippen molar-refractivity contribution in [1.82, 2.24) is 14.7 Å². The molecule has 0 N–H and O–H groups in total. The van der Waals surface area contributed by atoms with Crippen LogP contribution in [0.15, 0.2) is 0 Å². The van der Waals surface area contributed by atoms with Crippen molar-refractivity contribution < 1.29 is 26.4 Å². The number of nitrogens with zero attached hydrogens (tertiary/aromatic N) is 3. The molecule has 0 aromatic carbocycles. The summed E-state index contributed by atoms with van der Waals surface area (Å²) in [5.41, 5.74) is 0. The van der Waals surface area contributed by atoms with Crippen LogP contribution in [0.1, 0.15) is 44.9 Å². The predicted octanol–water partition coefficient (Wildman–Crippen LogP) is 1.90. The molecule has 10 heteroatoms. The van der Waals surface area contributed by atoms with E-state index in [1.807, 2.05) is 9.80 Å². The molecule has 2 saturated heterocycles. The minimum Gasteiger partial charge on any atom is -0.335 e. The molecule has 168 valence electrons. The molecule has 1 unspecified atom stereocenters. The van der Waals surface area contributed by atoms with Crippen molar-refractivity contribution in [3.8, 4) is 0 Å². The molecule has 3 aliphatic rings. The summed E-state index contributed by atoms with van der Waals surface area (Å²) in [6, 6.07) is -0.174. The molecule has 1 atom stereocenters. The molecule has 1 saturated carbocycles. The van der Waals surface area contributed by atoms with E-state index in [4.69, 9.17) is 0 Å². The van der Waals surface area contributed by atoms with Crippen molar-refractivity contribution in [3.63, 3.8) is 0 Å². The lowest BCUT2D eigenvalue weighted by Crippen LogP contribution is -2.52. The van der Waals surface area contributed by atoms with Crippen LogP contribution in [0.2, 0.25) is 0 Å². The summed E-state index contributed by atoms with van der Waals surface area (Å²) in [5, 5.41) is 0. The monoisotopic (exact) mass is 439 g/mol. The van der Waals surface area contributed by atoms with E-state index in [1.165, 1.54) is 4.90 Å². The Hall–Kier alpha value is -0.870. The standard InChI is InChI=1S/C19H32F3N3O3S/c20-19(21,22)15-24-9-4-8-23(10-11-24)13-18(26)25(16-5-2-1-3-6-16)17-7-12-29(27,28)14-17/h16-17H,1-15H2. The van der Waals surface area contributed by atoms with Crippen LogP contribution in [0.5, 0.6) is 0 Å². The quantitative estimate of drug-likeness (QED) is 0.655. The number of halogens is 3. The molecular weight excluding hydrogens is 407 g/mol. The first-order chi connectivity index (χ1) is 13.6. The summed E-state index contributed by atoms with van der Waals surface area (Å²) in [5.74, 6) is 0.0991. The fraction of sp³-hybridized carbons (Fsp3) is 0.947. The maximum Gasteiger partial charge on any atom is 0.401 e. The first-order valence-electron chi connectivity index (χ1n) is 10.7. The van der Waals surface area contributed by atoms with Crippen molar-refractivity contribution in [2.75, 3.05) is 50.8 Å². The third-order valence-electron chi connectivity index (χ3n) is 6.30. The Balaban J connectivity index is 1.62. The van der Waals surface area contributed by atoms with E-state index in [2.05, 4.69) is 0 Å². The van der Waals surface area contributed by atoms with Crippen LogP contribution < -0.4 is 0 Å². The summed E-state index contributed by atoms with van der Waals surface area (Å²) in [4.78, 5) is 18.4. The second-order valence-corrected chi connectivity index (χ2v) is 10.9. The highest BCUT2D eigenvalue weighted by Crippen LogP contribution is 2.28. The van der Waals surface area contributed by atoms with Gasteiger partial charge >= 0.3 is 6.18 Å². The first kappa shape index (κ1) is 22.8. The Bertz CT molecular complexity index is 665. The average Bonchev–Trinajstić information content (AvgIpc) is 2.84. The van der Waals surface area contributed by atoms with Gasteiger partial charge in [0.2, 0.25) is 5.91 Å². The van der Waals surface area contributed by atoms with Crippen LogP contribution in [-0.2, 0) is 14.6 Å². The van der Waals surface area contributed by atoms with Crippen molar-refractivity contribution in [2.24, 2.45) is 0 Å². The molecule has 1 aliphatic carbocycles. The lowest BCUT2D eigenvalue weighted by atomic mass is 9.92. The summed E-state index contributed by atoms with van der Waals surface area (Å²) in [6.07, 6.45) is 1.91. The van der Waals surface area contributed by atoms with Gasteiger partial charge in [0.05, 0.1) is 24.6 Å². The predicted molar refractivity (Wildman–Crippen MR) is 104 cm³/mol. The normalized spacial score (nSPS) is 27.6. The SMILES string of the molecule is O=C(CN1CCCN(CC(F)(F)F)CC1)N(C1CCCCC1)C1CCS(=O)(=O)C1. The zero-order valence-corrected chi connectivity index (χ0v) is 17.7. The molecule has 6 nitrogen and oxygen atoms in total. The highest BCUT2D eigenvalue weighted by molar-refractivity contribution is 7.91. The number of carbonyl (C=O) groups is 1. The third-order valence-corrected chi connectivity index (χ3v) is 8.05. The Morgan fingerprint density at radius 1 is 0.897 bits per heavy atom. The van der Waals surface area contributed by atoms with Crippen LogP contribution in [0, 0.1) is 0 Å². The average molecular weight is 440 g/mol. The van der Waals surface area contributed by atoms with Gasteiger partial charge in [-0.1, -0.05) is 19.3 Å². The molecule has 2 aliphatic heterocycles. The van der Waals surface area contributed by atoms with Crippen molar-refractivity contribution in [1.29, 1.82) is 0 Å². The van der Waals surface area contributed by atoms with Gasteiger partial charge in [-0.15, -0.1) is 0 Å². The largest absolute Gasteiger partial charge is 0.401 e. The summed E-state index contributed by atoms with van der Waals surface area (Å²) < 4.78 is 62.0. The molecule has 0 bridgehead atoms. The first-order valence-corrected chi connectivity index (χ1v) is 12.5. The Kier molecular flexibility index (Phi) is 7.48. The van der Waals surface area contributed by atoms with E-state index < -0.39 is 22.6 Å². The lowest BCUT2D eigenvalue weighted by molar-refractivity contribution is -0.146. The molecular formula is C19H32F3N3O3S. The van der Waals surface area contributed by atoms with E-state index in [9.17, 15) is 26.4 Å². The van der Waals surface area contributed by atoms with Gasteiger partial charge in [-0.2, -0.15) is 13.2 Å². The summed E-state index contributed by atoms with van der Waals surface area (Å²) in [7, 11) is -3.10.